The van der Waals surface area contributed by atoms with Gasteiger partial charge in [0.2, 0.25) is 11.9 Å². The number of nitrogens with zero attached hydrogens (tertiary/aromatic N) is 1. The minimum atomic E-state index is -0.0291. The van der Waals surface area contributed by atoms with Gasteiger partial charge < -0.3 is 4.98 Å². The van der Waals surface area contributed by atoms with Crippen molar-refractivity contribution in [3.63, 3.8) is 0 Å². The highest BCUT2D eigenvalue weighted by molar-refractivity contribution is 5.91. The number of imidazole rings is 1. The molecule has 0 bridgehead atoms. The molecule has 1 aromatic heterocycles. The Morgan fingerprint density at radius 2 is 1.82 bits per heavy atom. The Labute approximate surface area is 129 Å². The van der Waals surface area contributed by atoms with Gasteiger partial charge in [0.05, 0.1) is 11.0 Å². The van der Waals surface area contributed by atoms with E-state index in [0.29, 0.717) is 12.4 Å². The number of hydrogen-bond donors (Lipinski definition) is 2. The fourth-order valence-electron chi connectivity index (χ4n) is 2.41. The lowest BCUT2D eigenvalue weighted by Gasteiger charge is -2.03. The van der Waals surface area contributed by atoms with Crippen LogP contribution in [0.3, 0.4) is 0 Å². The Hall–Kier alpha value is -2.62. The van der Waals surface area contributed by atoms with Crippen molar-refractivity contribution in [2.24, 2.45) is 0 Å². The number of rotatable bonds is 5. The predicted octanol–water partition coefficient (Wildman–Crippen LogP) is 3.70. The van der Waals surface area contributed by atoms with E-state index in [-0.39, 0.29) is 5.91 Å². The zero-order chi connectivity index (χ0) is 15.4. The SMILES string of the molecule is CCc1ccc(CCC(=O)Nc2nc3ccccc3[nH]2)cc1. The molecule has 4 nitrogen and oxygen atoms in total. The fraction of sp³-hybridized carbons (Fsp3) is 0.222. The van der Waals surface area contributed by atoms with Crippen molar-refractivity contribution in [2.75, 3.05) is 5.32 Å². The highest BCUT2D eigenvalue weighted by atomic mass is 16.1. The van der Waals surface area contributed by atoms with Gasteiger partial charge in [0.1, 0.15) is 0 Å². The number of para-hydroxylation sites is 2. The second kappa shape index (κ2) is 6.43. The lowest BCUT2D eigenvalue weighted by molar-refractivity contribution is -0.116. The van der Waals surface area contributed by atoms with Crippen LogP contribution in [0.25, 0.3) is 11.0 Å². The summed E-state index contributed by atoms with van der Waals surface area (Å²) in [5.41, 5.74) is 4.27. The molecule has 3 aromatic rings. The molecule has 0 aliphatic carbocycles. The van der Waals surface area contributed by atoms with Gasteiger partial charge in [-0.3, -0.25) is 10.1 Å². The van der Waals surface area contributed by atoms with Gasteiger partial charge in [-0.2, -0.15) is 0 Å². The third kappa shape index (κ3) is 3.34. The second-order valence-electron chi connectivity index (χ2n) is 5.32. The summed E-state index contributed by atoms with van der Waals surface area (Å²) in [6.07, 6.45) is 2.21. The molecular formula is C18H19N3O. The van der Waals surface area contributed by atoms with Gasteiger partial charge in [-0.15, -0.1) is 0 Å². The van der Waals surface area contributed by atoms with Crippen molar-refractivity contribution in [1.29, 1.82) is 0 Å². The lowest BCUT2D eigenvalue weighted by atomic mass is 10.1. The third-order valence-electron chi connectivity index (χ3n) is 3.72. The smallest absolute Gasteiger partial charge is 0.227 e. The van der Waals surface area contributed by atoms with E-state index in [0.717, 1.165) is 23.9 Å². The van der Waals surface area contributed by atoms with E-state index in [9.17, 15) is 4.79 Å². The van der Waals surface area contributed by atoms with E-state index in [1.54, 1.807) is 0 Å². The first-order valence-corrected chi connectivity index (χ1v) is 7.57. The monoisotopic (exact) mass is 293 g/mol. The number of aryl methyl sites for hydroxylation is 2. The van der Waals surface area contributed by atoms with Crippen LogP contribution in [0, 0.1) is 0 Å². The molecule has 3 rings (SSSR count). The summed E-state index contributed by atoms with van der Waals surface area (Å²) in [6.45, 7) is 2.13. The Kier molecular flexibility index (Phi) is 4.19. The largest absolute Gasteiger partial charge is 0.324 e. The summed E-state index contributed by atoms with van der Waals surface area (Å²) >= 11 is 0. The molecule has 112 valence electrons. The number of H-pyrrole nitrogens is 1. The first kappa shape index (κ1) is 14.3. The van der Waals surface area contributed by atoms with Gasteiger partial charge in [-0.1, -0.05) is 43.3 Å². The summed E-state index contributed by atoms with van der Waals surface area (Å²) in [5.74, 6) is 0.478. The molecule has 1 heterocycles. The Balaban J connectivity index is 1.57. The van der Waals surface area contributed by atoms with Crippen LogP contribution < -0.4 is 5.32 Å². The summed E-state index contributed by atoms with van der Waals surface area (Å²) in [4.78, 5) is 19.5. The molecule has 0 aliphatic rings. The molecule has 2 aromatic carbocycles. The number of anilines is 1. The molecule has 0 radical (unpaired) electrons. The molecule has 0 atom stereocenters. The molecule has 0 saturated heterocycles. The molecule has 0 fully saturated rings. The van der Waals surface area contributed by atoms with E-state index in [1.807, 2.05) is 24.3 Å². The number of fused-ring (bicyclic) bond motifs is 1. The molecule has 0 spiro atoms. The maximum Gasteiger partial charge on any atom is 0.227 e. The van der Waals surface area contributed by atoms with Crippen LogP contribution >= 0.6 is 0 Å². The molecular weight excluding hydrogens is 274 g/mol. The molecule has 0 saturated carbocycles. The van der Waals surface area contributed by atoms with Crippen molar-refractivity contribution < 1.29 is 4.79 Å². The molecule has 1 amide bonds. The number of amides is 1. The third-order valence-corrected chi connectivity index (χ3v) is 3.72. The van der Waals surface area contributed by atoms with Crippen LogP contribution in [0.2, 0.25) is 0 Å². The Bertz CT molecular complexity index is 741. The molecule has 22 heavy (non-hydrogen) atoms. The molecule has 0 aliphatic heterocycles. The second-order valence-corrected chi connectivity index (χ2v) is 5.32. The topological polar surface area (TPSA) is 57.8 Å². The maximum absolute atomic E-state index is 12.0. The first-order valence-electron chi connectivity index (χ1n) is 7.57. The van der Waals surface area contributed by atoms with Gasteiger partial charge in [0.15, 0.2) is 0 Å². The number of aromatic amines is 1. The highest BCUT2D eigenvalue weighted by Gasteiger charge is 2.07. The quantitative estimate of drug-likeness (QED) is 0.753. The van der Waals surface area contributed by atoms with Gasteiger partial charge in [-0.05, 0) is 36.1 Å². The van der Waals surface area contributed by atoms with E-state index in [1.165, 1.54) is 11.1 Å². The van der Waals surface area contributed by atoms with Crippen LogP contribution in [0.15, 0.2) is 48.5 Å². The van der Waals surface area contributed by atoms with Gasteiger partial charge in [0, 0.05) is 6.42 Å². The number of aromatic nitrogens is 2. The van der Waals surface area contributed by atoms with Crippen molar-refractivity contribution in [3.8, 4) is 0 Å². The minimum Gasteiger partial charge on any atom is -0.324 e. The maximum atomic E-state index is 12.0. The average Bonchev–Trinajstić information content (AvgIpc) is 2.95. The van der Waals surface area contributed by atoms with E-state index in [4.69, 9.17) is 0 Å². The fourth-order valence-corrected chi connectivity index (χ4v) is 2.41. The van der Waals surface area contributed by atoms with Crippen molar-refractivity contribution in [1.82, 2.24) is 9.97 Å². The number of benzene rings is 2. The zero-order valence-electron chi connectivity index (χ0n) is 12.6. The van der Waals surface area contributed by atoms with Crippen LogP contribution in [-0.2, 0) is 17.6 Å². The number of carbonyl (C=O) groups is 1. The van der Waals surface area contributed by atoms with E-state index in [2.05, 4.69) is 46.5 Å². The number of nitrogens with one attached hydrogen (secondary N) is 2. The first-order chi connectivity index (χ1) is 10.7. The molecule has 2 N–H and O–H groups in total. The summed E-state index contributed by atoms with van der Waals surface area (Å²) < 4.78 is 0. The van der Waals surface area contributed by atoms with Crippen LogP contribution in [-0.4, -0.2) is 15.9 Å². The predicted molar refractivity (Wildman–Crippen MR) is 88.9 cm³/mol. The van der Waals surface area contributed by atoms with Crippen molar-refractivity contribution in [3.05, 3.63) is 59.7 Å². The van der Waals surface area contributed by atoms with Crippen LogP contribution in [0.1, 0.15) is 24.5 Å². The van der Waals surface area contributed by atoms with Crippen molar-refractivity contribution >= 4 is 22.9 Å². The van der Waals surface area contributed by atoms with E-state index < -0.39 is 0 Å². The normalized spacial score (nSPS) is 10.8. The van der Waals surface area contributed by atoms with Crippen molar-refractivity contribution in [2.45, 2.75) is 26.2 Å². The summed E-state index contributed by atoms with van der Waals surface area (Å²) in [7, 11) is 0. The van der Waals surface area contributed by atoms with Crippen LogP contribution in [0.5, 0.6) is 0 Å². The zero-order valence-corrected chi connectivity index (χ0v) is 12.6. The standard InChI is InChI=1S/C18H19N3O/c1-2-13-7-9-14(10-8-13)11-12-17(22)21-18-19-15-5-3-4-6-16(15)20-18/h3-10H,2,11-12H2,1H3,(H2,19,20,21,22). The van der Waals surface area contributed by atoms with Gasteiger partial charge >= 0.3 is 0 Å². The molecule has 0 unspecified atom stereocenters. The number of hydrogen-bond acceptors (Lipinski definition) is 2. The summed E-state index contributed by atoms with van der Waals surface area (Å²) in [6, 6.07) is 16.1. The number of carbonyl (C=O) groups excluding carboxylic acids is 1. The van der Waals surface area contributed by atoms with E-state index >= 15 is 0 Å². The Morgan fingerprint density at radius 3 is 2.55 bits per heavy atom. The molecule has 4 heteroatoms. The van der Waals surface area contributed by atoms with Gasteiger partial charge in [-0.25, -0.2) is 4.98 Å². The van der Waals surface area contributed by atoms with Gasteiger partial charge in [0.25, 0.3) is 0 Å². The summed E-state index contributed by atoms with van der Waals surface area (Å²) in [5, 5.41) is 2.82. The lowest BCUT2D eigenvalue weighted by Crippen LogP contribution is -2.13. The minimum absolute atomic E-state index is 0.0291. The highest BCUT2D eigenvalue weighted by Crippen LogP contribution is 2.14. The Morgan fingerprint density at radius 1 is 1.09 bits per heavy atom. The van der Waals surface area contributed by atoms with Crippen LogP contribution in [0.4, 0.5) is 5.95 Å². The average molecular weight is 293 g/mol.